The van der Waals surface area contributed by atoms with Crippen molar-refractivity contribution in [2.75, 3.05) is 34.2 Å². The molecule has 11 heavy (non-hydrogen) atoms. The molecule has 3 nitrogen and oxygen atoms in total. The predicted octanol–water partition coefficient (Wildman–Crippen LogP) is 0.219. The van der Waals surface area contributed by atoms with Crippen molar-refractivity contribution < 1.29 is 9.28 Å². The van der Waals surface area contributed by atoms with Crippen molar-refractivity contribution in [2.24, 2.45) is 0 Å². The molecule has 66 valence electrons. The van der Waals surface area contributed by atoms with Crippen molar-refractivity contribution in [3.63, 3.8) is 0 Å². The minimum atomic E-state index is 0.114. The van der Waals surface area contributed by atoms with Crippen molar-refractivity contribution in [3.05, 3.63) is 0 Å². The molecule has 3 heteroatoms. The molecule has 0 saturated heterocycles. The van der Waals surface area contributed by atoms with Crippen molar-refractivity contribution in [1.82, 2.24) is 5.32 Å². The fourth-order valence-corrected chi connectivity index (χ4v) is 1.15. The van der Waals surface area contributed by atoms with Gasteiger partial charge in [-0.1, -0.05) is 6.92 Å². The lowest BCUT2D eigenvalue weighted by Crippen LogP contribution is -2.47. The molecule has 0 aliphatic rings. The molecule has 0 aliphatic heterocycles. The fourth-order valence-electron chi connectivity index (χ4n) is 1.15. The van der Waals surface area contributed by atoms with E-state index in [4.69, 9.17) is 0 Å². The second kappa shape index (κ2) is 4.34. The zero-order valence-corrected chi connectivity index (χ0v) is 7.98. The number of carbonyl (C=O) groups is 1. The van der Waals surface area contributed by atoms with E-state index in [0.29, 0.717) is 6.54 Å². The first kappa shape index (κ1) is 10.4. The Balaban J connectivity index is 3.80. The number of carbonyl (C=O) groups excluding carboxylic acids is 1. The monoisotopic (exact) mass is 159 g/mol. The molecular weight excluding hydrogens is 140 g/mol. The Morgan fingerprint density at radius 2 is 2.00 bits per heavy atom. The molecule has 1 amide bonds. The molecule has 0 bridgehead atoms. The summed E-state index contributed by atoms with van der Waals surface area (Å²) in [6.45, 7) is 3.75. The van der Waals surface area contributed by atoms with Crippen molar-refractivity contribution in [2.45, 2.75) is 13.3 Å². The summed E-state index contributed by atoms with van der Waals surface area (Å²) >= 11 is 0. The molecule has 0 aromatic heterocycles. The summed E-state index contributed by atoms with van der Waals surface area (Å²) in [5, 5.41) is 2.62. The second-order valence-electron chi connectivity index (χ2n) is 3.49. The maximum atomic E-state index is 11.0. The molecule has 0 fully saturated rings. The minimum absolute atomic E-state index is 0.114. The highest BCUT2D eigenvalue weighted by Gasteiger charge is 2.17. The first-order valence-electron chi connectivity index (χ1n) is 4.04. The quantitative estimate of drug-likeness (QED) is 0.584. The summed E-state index contributed by atoms with van der Waals surface area (Å²) in [5.74, 6) is 0.114. The molecule has 0 rings (SSSR count). The number of nitrogens with zero attached hydrogens (tertiary/aromatic N) is 1. The van der Waals surface area contributed by atoms with E-state index < -0.39 is 0 Å². The summed E-state index contributed by atoms with van der Waals surface area (Å²) in [4.78, 5) is 11.0. The highest BCUT2D eigenvalue weighted by atomic mass is 16.2. The highest BCUT2D eigenvalue weighted by Crippen LogP contribution is 1.97. The molecule has 0 spiro atoms. The number of hydrogen-bond acceptors (Lipinski definition) is 1. The normalized spacial score (nSPS) is 11.3. The van der Waals surface area contributed by atoms with Crippen LogP contribution in [0.3, 0.4) is 0 Å². The average molecular weight is 159 g/mol. The number of hydrogen-bond donors (Lipinski definition) is 1. The van der Waals surface area contributed by atoms with E-state index in [0.717, 1.165) is 17.4 Å². The van der Waals surface area contributed by atoms with Crippen LogP contribution in [-0.2, 0) is 4.79 Å². The number of quaternary nitrogens is 1. The Bertz CT molecular complexity index is 132. The smallest absolute Gasteiger partial charge is 0.274 e. The molecule has 0 unspecified atom stereocenters. The molecule has 0 saturated carbocycles. The van der Waals surface area contributed by atoms with Crippen LogP contribution in [0.25, 0.3) is 0 Å². The maximum Gasteiger partial charge on any atom is 0.274 e. The number of rotatable bonds is 4. The minimum Gasteiger partial charge on any atom is -0.354 e. The van der Waals surface area contributed by atoms with Gasteiger partial charge in [0, 0.05) is 7.05 Å². The van der Waals surface area contributed by atoms with Crippen LogP contribution in [0.5, 0.6) is 0 Å². The Morgan fingerprint density at radius 3 is 2.36 bits per heavy atom. The van der Waals surface area contributed by atoms with Crippen LogP contribution in [0, 0.1) is 0 Å². The lowest BCUT2D eigenvalue weighted by molar-refractivity contribution is -0.882. The lowest BCUT2D eigenvalue weighted by Gasteiger charge is -2.28. The van der Waals surface area contributed by atoms with Crippen LogP contribution in [0.15, 0.2) is 0 Å². The Kier molecular flexibility index (Phi) is 4.11. The van der Waals surface area contributed by atoms with Gasteiger partial charge >= 0.3 is 0 Å². The largest absolute Gasteiger partial charge is 0.354 e. The Morgan fingerprint density at radius 1 is 1.45 bits per heavy atom. The molecule has 0 aromatic carbocycles. The van der Waals surface area contributed by atoms with Crippen molar-refractivity contribution >= 4 is 5.91 Å². The van der Waals surface area contributed by atoms with E-state index in [9.17, 15) is 4.79 Å². The van der Waals surface area contributed by atoms with E-state index in [1.807, 2.05) is 0 Å². The molecule has 0 atom stereocenters. The topological polar surface area (TPSA) is 29.1 Å². The fraction of sp³-hybridized carbons (Fsp3) is 0.875. The van der Waals surface area contributed by atoms with Crippen LogP contribution < -0.4 is 5.32 Å². The number of nitrogens with one attached hydrogen (secondary N) is 1. The van der Waals surface area contributed by atoms with Gasteiger partial charge in [-0.3, -0.25) is 4.79 Å². The van der Waals surface area contributed by atoms with Crippen LogP contribution >= 0.6 is 0 Å². The second-order valence-corrected chi connectivity index (χ2v) is 3.49. The van der Waals surface area contributed by atoms with E-state index >= 15 is 0 Å². The molecule has 0 heterocycles. The summed E-state index contributed by atoms with van der Waals surface area (Å²) in [6, 6.07) is 0. The van der Waals surface area contributed by atoms with E-state index in [1.54, 1.807) is 7.05 Å². The summed E-state index contributed by atoms with van der Waals surface area (Å²) in [5.41, 5.74) is 0. The van der Waals surface area contributed by atoms with Crippen molar-refractivity contribution in [1.29, 1.82) is 0 Å². The molecule has 0 radical (unpaired) electrons. The first-order chi connectivity index (χ1) is 5.02. The van der Waals surface area contributed by atoms with Gasteiger partial charge in [0.2, 0.25) is 0 Å². The van der Waals surface area contributed by atoms with E-state index in [1.165, 1.54) is 0 Å². The van der Waals surface area contributed by atoms with Gasteiger partial charge in [0.05, 0.1) is 20.6 Å². The van der Waals surface area contributed by atoms with Gasteiger partial charge in [-0.25, -0.2) is 0 Å². The highest BCUT2D eigenvalue weighted by molar-refractivity contribution is 5.76. The number of amides is 1. The molecule has 1 N–H and O–H groups in total. The van der Waals surface area contributed by atoms with Gasteiger partial charge in [0.15, 0.2) is 6.54 Å². The van der Waals surface area contributed by atoms with Gasteiger partial charge in [-0.15, -0.1) is 0 Å². The van der Waals surface area contributed by atoms with Gasteiger partial charge < -0.3 is 9.80 Å². The van der Waals surface area contributed by atoms with Crippen molar-refractivity contribution in [3.8, 4) is 0 Å². The van der Waals surface area contributed by atoms with Gasteiger partial charge in [0.1, 0.15) is 0 Å². The standard InChI is InChI=1S/C8H18N2O/c1-5-6-10(3,4)7-8(11)9-2/h5-7H2,1-4H3/p+1. The zero-order chi connectivity index (χ0) is 8.91. The summed E-state index contributed by atoms with van der Waals surface area (Å²) in [6.07, 6.45) is 1.12. The third-order valence-electron chi connectivity index (χ3n) is 1.68. The van der Waals surface area contributed by atoms with E-state index in [-0.39, 0.29) is 5.91 Å². The lowest BCUT2D eigenvalue weighted by atomic mass is 10.3. The molecular formula is C8H19N2O+. The predicted molar refractivity (Wildman–Crippen MR) is 46.2 cm³/mol. The Labute approximate surface area is 69.0 Å². The Hall–Kier alpha value is -0.570. The van der Waals surface area contributed by atoms with E-state index in [2.05, 4.69) is 26.3 Å². The maximum absolute atomic E-state index is 11.0. The molecule has 0 aliphatic carbocycles. The van der Waals surface area contributed by atoms with Crippen LogP contribution in [0.2, 0.25) is 0 Å². The first-order valence-corrected chi connectivity index (χ1v) is 4.04. The number of likely N-dealkylation sites (N-methyl/N-ethyl adjacent to an activating group) is 2. The third-order valence-corrected chi connectivity index (χ3v) is 1.68. The van der Waals surface area contributed by atoms with Crippen LogP contribution in [0.1, 0.15) is 13.3 Å². The molecule has 0 aromatic rings. The van der Waals surface area contributed by atoms with Gasteiger partial charge in [-0.2, -0.15) is 0 Å². The summed E-state index contributed by atoms with van der Waals surface area (Å²) < 4.78 is 0.774. The zero-order valence-electron chi connectivity index (χ0n) is 7.98. The van der Waals surface area contributed by atoms with Crippen LogP contribution in [0.4, 0.5) is 0 Å². The van der Waals surface area contributed by atoms with Gasteiger partial charge in [-0.05, 0) is 6.42 Å². The van der Waals surface area contributed by atoms with Gasteiger partial charge in [0.25, 0.3) is 5.91 Å². The average Bonchev–Trinajstić information content (AvgIpc) is 1.86. The summed E-state index contributed by atoms with van der Waals surface area (Å²) in [7, 11) is 5.81. The SMILES string of the molecule is CCC[N+](C)(C)CC(=O)NC. The third kappa shape index (κ3) is 4.79. The van der Waals surface area contributed by atoms with Crippen LogP contribution in [-0.4, -0.2) is 44.6 Å².